The fraction of sp³-hybridized carbons (Fsp3) is 0.625. The predicted molar refractivity (Wildman–Crippen MR) is 129 cm³/mol. The summed E-state index contributed by atoms with van der Waals surface area (Å²) in [6.07, 6.45) is 7.82. The highest BCUT2D eigenvalue weighted by atomic mass is 35.5. The Morgan fingerprint density at radius 1 is 1.38 bits per heavy atom. The van der Waals surface area contributed by atoms with Crippen LogP contribution in [0.4, 0.5) is 5.69 Å². The number of piperidine rings is 2. The lowest BCUT2D eigenvalue weighted by Crippen LogP contribution is -2.55. The molecule has 8 heteroatoms. The summed E-state index contributed by atoms with van der Waals surface area (Å²) in [4.78, 5) is 15.5. The fourth-order valence-corrected chi connectivity index (χ4v) is 4.80. The minimum Gasteiger partial charge on any atom is -0.496 e. The summed E-state index contributed by atoms with van der Waals surface area (Å²) in [6.45, 7) is 6.01. The first-order chi connectivity index (χ1) is 15.5. The predicted octanol–water partition coefficient (Wildman–Crippen LogP) is 3.43. The zero-order chi connectivity index (χ0) is 23.1. The summed E-state index contributed by atoms with van der Waals surface area (Å²) >= 11 is 6.14. The zero-order valence-corrected chi connectivity index (χ0v) is 20.2. The van der Waals surface area contributed by atoms with Crippen molar-refractivity contribution in [2.24, 2.45) is 5.92 Å². The molecule has 3 rings (SSSR count). The molecule has 1 unspecified atom stereocenters. The van der Waals surface area contributed by atoms with Crippen LogP contribution < -0.4 is 21.1 Å². The molecule has 1 aromatic rings. The van der Waals surface area contributed by atoms with E-state index in [9.17, 15) is 4.79 Å². The Hall–Kier alpha value is -1.96. The topological polar surface area (TPSA) is 88.9 Å². The smallest absolute Gasteiger partial charge is 0.255 e. The van der Waals surface area contributed by atoms with Crippen LogP contribution in [-0.2, 0) is 4.74 Å². The molecule has 0 spiro atoms. The first kappa shape index (κ1) is 24.7. The molecule has 2 aliphatic rings. The van der Waals surface area contributed by atoms with Crippen molar-refractivity contribution >= 4 is 23.2 Å². The summed E-state index contributed by atoms with van der Waals surface area (Å²) < 4.78 is 11.1. The number of nitrogens with two attached hydrogens (primary N) is 1. The van der Waals surface area contributed by atoms with E-state index in [1.807, 2.05) is 0 Å². The van der Waals surface area contributed by atoms with E-state index in [0.29, 0.717) is 27.9 Å². The molecule has 1 amide bonds. The van der Waals surface area contributed by atoms with Gasteiger partial charge in [0, 0.05) is 51.0 Å². The molecule has 7 nitrogen and oxygen atoms in total. The Morgan fingerprint density at radius 3 is 2.91 bits per heavy atom. The van der Waals surface area contributed by atoms with Crippen LogP contribution in [0.5, 0.6) is 5.75 Å². The van der Waals surface area contributed by atoms with Gasteiger partial charge in [-0.25, -0.2) is 0 Å². The Kier molecular flexibility index (Phi) is 9.08. The molecule has 2 saturated heterocycles. The lowest BCUT2D eigenvalue weighted by molar-refractivity contribution is 0.00234. The number of carbonyl (C=O) groups excluding carboxylic acids is 1. The molecule has 1 aromatic carbocycles. The number of hydrogen-bond acceptors (Lipinski definition) is 6. The third-order valence-corrected chi connectivity index (χ3v) is 6.78. The summed E-state index contributed by atoms with van der Waals surface area (Å²) in [7, 11) is 3.22. The van der Waals surface area contributed by atoms with Crippen molar-refractivity contribution in [1.82, 2.24) is 15.5 Å². The molecule has 0 aliphatic carbocycles. The van der Waals surface area contributed by atoms with Gasteiger partial charge in [0.1, 0.15) is 5.75 Å². The van der Waals surface area contributed by atoms with Crippen molar-refractivity contribution in [3.63, 3.8) is 0 Å². The molecule has 0 aromatic heterocycles. The quantitative estimate of drug-likeness (QED) is 0.511. The van der Waals surface area contributed by atoms with Gasteiger partial charge in [0.05, 0.1) is 35.5 Å². The lowest BCUT2D eigenvalue weighted by Gasteiger charge is -2.40. The van der Waals surface area contributed by atoms with E-state index in [4.69, 9.17) is 26.8 Å². The second kappa shape index (κ2) is 11.8. The van der Waals surface area contributed by atoms with E-state index >= 15 is 0 Å². The summed E-state index contributed by atoms with van der Waals surface area (Å²) in [5.74, 6) is 0.720. The average molecular weight is 465 g/mol. The molecule has 0 radical (unpaired) electrons. The van der Waals surface area contributed by atoms with Crippen LogP contribution in [0.1, 0.15) is 49.4 Å². The number of hydrogen-bond donors (Lipinski definition) is 3. The van der Waals surface area contributed by atoms with E-state index in [1.165, 1.54) is 32.1 Å². The van der Waals surface area contributed by atoms with Crippen molar-refractivity contribution in [2.45, 2.75) is 51.2 Å². The third kappa shape index (κ3) is 6.09. The molecule has 0 saturated carbocycles. The number of amides is 1. The first-order valence-electron chi connectivity index (χ1n) is 11.6. The molecule has 4 N–H and O–H groups in total. The number of nitrogen functional groups attached to an aromatic ring is 1. The maximum Gasteiger partial charge on any atom is 0.255 e. The standard InChI is InChI=1S/C24H37ClN4O3/c1-4-5-8-20-16(7-6-10-27-20)14-29-11-9-21(23(15-29)32-3)28-24(30)17-12-18(25)19(26)13-22(17)31-2/h8,12-13,16,21,23,27H,4-7,9-11,14-15,26H2,1-3H3,(H,28,30)/t16?,21-,23+/m0/s1. The molecule has 2 fully saturated rings. The van der Waals surface area contributed by atoms with Crippen LogP contribution in [0.25, 0.3) is 0 Å². The number of methoxy groups -OCH3 is 2. The monoisotopic (exact) mass is 464 g/mol. The Balaban J connectivity index is 1.62. The average Bonchev–Trinajstić information content (AvgIpc) is 2.80. The van der Waals surface area contributed by atoms with Gasteiger partial charge in [0.2, 0.25) is 0 Å². The number of nitrogens with one attached hydrogen (secondary N) is 2. The van der Waals surface area contributed by atoms with Gasteiger partial charge in [0.15, 0.2) is 0 Å². The fourth-order valence-electron chi connectivity index (χ4n) is 4.63. The number of carbonyl (C=O) groups is 1. The molecule has 32 heavy (non-hydrogen) atoms. The normalized spacial score (nSPS) is 25.4. The number of ether oxygens (including phenoxy) is 2. The largest absolute Gasteiger partial charge is 0.496 e. The Bertz CT molecular complexity index is 817. The van der Waals surface area contributed by atoms with Crippen LogP contribution in [-0.4, -0.2) is 63.4 Å². The molecule has 0 bridgehead atoms. The van der Waals surface area contributed by atoms with Crippen molar-refractivity contribution in [1.29, 1.82) is 0 Å². The first-order valence-corrected chi connectivity index (χ1v) is 12.0. The highest BCUT2D eigenvalue weighted by Gasteiger charge is 2.33. The number of allylic oxidation sites excluding steroid dienone is 1. The van der Waals surface area contributed by atoms with E-state index in [1.54, 1.807) is 19.2 Å². The van der Waals surface area contributed by atoms with Gasteiger partial charge < -0.3 is 25.8 Å². The maximum absolute atomic E-state index is 13.0. The van der Waals surface area contributed by atoms with Crippen molar-refractivity contribution in [2.75, 3.05) is 46.1 Å². The van der Waals surface area contributed by atoms with E-state index in [-0.39, 0.29) is 18.1 Å². The molecule has 2 aliphatic heterocycles. The molecular formula is C24H37ClN4O3. The van der Waals surface area contributed by atoms with Gasteiger partial charge >= 0.3 is 0 Å². The van der Waals surface area contributed by atoms with Gasteiger partial charge in [-0.15, -0.1) is 0 Å². The highest BCUT2D eigenvalue weighted by Crippen LogP contribution is 2.29. The Morgan fingerprint density at radius 2 is 2.19 bits per heavy atom. The molecule has 2 heterocycles. The van der Waals surface area contributed by atoms with Crippen molar-refractivity contribution in [3.8, 4) is 5.75 Å². The molecule has 178 valence electrons. The number of halogens is 1. The zero-order valence-electron chi connectivity index (χ0n) is 19.5. The second-order valence-corrected chi connectivity index (χ2v) is 9.10. The number of rotatable bonds is 8. The van der Waals surface area contributed by atoms with Crippen molar-refractivity contribution < 1.29 is 14.3 Å². The van der Waals surface area contributed by atoms with Gasteiger partial charge in [0.25, 0.3) is 5.91 Å². The van der Waals surface area contributed by atoms with Crippen LogP contribution in [0.3, 0.4) is 0 Å². The maximum atomic E-state index is 13.0. The number of benzene rings is 1. The van der Waals surface area contributed by atoms with Gasteiger partial charge in [-0.2, -0.15) is 0 Å². The van der Waals surface area contributed by atoms with Crippen LogP contribution in [0, 0.1) is 5.92 Å². The number of nitrogens with zero attached hydrogens (tertiary/aromatic N) is 1. The van der Waals surface area contributed by atoms with E-state index in [2.05, 4.69) is 28.5 Å². The molecular weight excluding hydrogens is 428 g/mol. The van der Waals surface area contributed by atoms with E-state index in [0.717, 1.165) is 39.0 Å². The Labute approximate surface area is 196 Å². The lowest BCUT2D eigenvalue weighted by atomic mass is 9.92. The molecule has 3 atom stereocenters. The number of unbranched alkanes of at least 4 members (excludes halogenated alkanes) is 1. The second-order valence-electron chi connectivity index (χ2n) is 8.69. The van der Waals surface area contributed by atoms with Gasteiger partial charge in [-0.1, -0.05) is 31.0 Å². The number of anilines is 1. The summed E-state index contributed by atoms with van der Waals surface area (Å²) in [5.41, 5.74) is 8.00. The van der Waals surface area contributed by atoms with Crippen LogP contribution in [0.15, 0.2) is 23.9 Å². The van der Waals surface area contributed by atoms with Crippen LogP contribution in [0.2, 0.25) is 5.02 Å². The minimum atomic E-state index is -0.231. The highest BCUT2D eigenvalue weighted by molar-refractivity contribution is 6.33. The minimum absolute atomic E-state index is 0.0793. The van der Waals surface area contributed by atoms with Gasteiger partial charge in [-0.3, -0.25) is 9.69 Å². The van der Waals surface area contributed by atoms with Gasteiger partial charge in [-0.05, 0) is 31.7 Å². The van der Waals surface area contributed by atoms with Crippen LogP contribution >= 0.6 is 11.6 Å². The number of likely N-dealkylation sites (tertiary alicyclic amines) is 1. The summed E-state index contributed by atoms with van der Waals surface area (Å²) in [6, 6.07) is 3.06. The van der Waals surface area contributed by atoms with Crippen molar-refractivity contribution in [3.05, 3.63) is 34.5 Å². The SMILES string of the molecule is CCCC=C1NCCCC1CN1CC[C@H](NC(=O)c2cc(Cl)c(N)cc2OC)[C@H](OC)C1. The summed E-state index contributed by atoms with van der Waals surface area (Å²) in [5, 5.41) is 7.07. The third-order valence-electron chi connectivity index (χ3n) is 6.46. The van der Waals surface area contributed by atoms with E-state index < -0.39 is 0 Å².